The van der Waals surface area contributed by atoms with Crippen LogP contribution in [0.2, 0.25) is 0 Å². The highest BCUT2D eigenvalue weighted by Gasteiger charge is 2.37. The molecule has 32 heavy (non-hydrogen) atoms. The lowest BCUT2D eigenvalue weighted by Gasteiger charge is -2.25. The quantitative estimate of drug-likeness (QED) is 0.459. The van der Waals surface area contributed by atoms with Crippen LogP contribution in [-0.2, 0) is 12.6 Å². The number of anilines is 1. The number of nitrogens with one attached hydrogen (secondary N) is 1. The van der Waals surface area contributed by atoms with E-state index in [0.717, 1.165) is 23.8 Å². The molecule has 2 amide bonds. The summed E-state index contributed by atoms with van der Waals surface area (Å²) < 4.78 is 68.8. The van der Waals surface area contributed by atoms with E-state index in [1.165, 1.54) is 11.0 Å². The predicted octanol–water partition coefficient (Wildman–Crippen LogP) is 6.24. The zero-order chi connectivity index (χ0) is 22.6. The number of amides is 2. The highest BCUT2D eigenvalue weighted by atomic mass is 32.1. The van der Waals surface area contributed by atoms with Crippen LogP contribution in [0.1, 0.15) is 22.0 Å². The third kappa shape index (κ3) is 3.44. The summed E-state index contributed by atoms with van der Waals surface area (Å²) in [6, 6.07) is 7.77. The number of benzene rings is 2. The second-order valence-electron chi connectivity index (χ2n) is 7.42. The molecule has 10 heteroatoms. The molecule has 0 spiro atoms. The number of hydrogen-bond donors (Lipinski definition) is 1. The first-order valence-corrected chi connectivity index (χ1v) is 10.4. The second-order valence-corrected chi connectivity index (χ2v) is 8.50. The third-order valence-corrected chi connectivity index (χ3v) is 6.63. The second kappa shape index (κ2) is 7.40. The summed E-state index contributed by atoms with van der Waals surface area (Å²) >= 11 is 0.409. The van der Waals surface area contributed by atoms with Crippen LogP contribution in [-0.4, -0.2) is 18.8 Å². The van der Waals surface area contributed by atoms with Crippen LogP contribution in [0.25, 0.3) is 10.4 Å². The number of alkyl halides is 3. The predicted molar refractivity (Wildman–Crippen MR) is 112 cm³/mol. The molecule has 164 valence electrons. The number of nitrogens with zero attached hydrogens (tertiary/aromatic N) is 2. The van der Waals surface area contributed by atoms with Gasteiger partial charge < -0.3 is 5.32 Å². The maximum atomic E-state index is 15.1. The molecule has 3 heterocycles. The van der Waals surface area contributed by atoms with E-state index in [1.54, 1.807) is 18.3 Å². The minimum Gasteiger partial charge on any atom is -0.335 e. The fraction of sp³-hybridized carbons (Fsp3) is 0.182. The Hall–Kier alpha value is -3.27. The van der Waals surface area contributed by atoms with Gasteiger partial charge in [-0.2, -0.15) is 13.2 Å². The van der Waals surface area contributed by atoms with Crippen molar-refractivity contribution >= 4 is 35.0 Å². The molecule has 1 fully saturated rings. The molecule has 3 aromatic rings. The van der Waals surface area contributed by atoms with Crippen molar-refractivity contribution < 1.29 is 26.7 Å². The molecule has 4 nitrogen and oxygen atoms in total. The summed E-state index contributed by atoms with van der Waals surface area (Å²) in [4.78, 5) is 17.2. The van der Waals surface area contributed by atoms with Crippen LogP contribution < -0.4 is 10.2 Å². The van der Waals surface area contributed by atoms with Crippen LogP contribution in [0.4, 0.5) is 38.1 Å². The molecule has 1 N–H and O–H groups in total. The summed E-state index contributed by atoms with van der Waals surface area (Å²) in [6.07, 6.45) is -2.12. The number of carbonyl (C=O) groups is 1. The van der Waals surface area contributed by atoms with E-state index in [-0.39, 0.29) is 22.5 Å². The first-order chi connectivity index (χ1) is 15.2. The molecule has 2 aliphatic rings. The average Bonchev–Trinajstić information content (AvgIpc) is 3.46. The summed E-state index contributed by atoms with van der Waals surface area (Å²) in [5.41, 5.74) is 1.79. The summed E-state index contributed by atoms with van der Waals surface area (Å²) in [7, 11) is 0. The van der Waals surface area contributed by atoms with Crippen molar-refractivity contribution in [1.82, 2.24) is 5.32 Å². The highest BCUT2D eigenvalue weighted by molar-refractivity contribution is 7.15. The number of fused-ring (bicyclic) bond motifs is 1. The summed E-state index contributed by atoms with van der Waals surface area (Å²) in [6.45, 7) is -0.0242. The van der Waals surface area contributed by atoms with Crippen molar-refractivity contribution in [3.05, 3.63) is 70.1 Å². The number of aliphatic imine (C=N–C) groups is 1. The molecule has 0 saturated carbocycles. The van der Waals surface area contributed by atoms with E-state index in [1.807, 2.05) is 6.07 Å². The van der Waals surface area contributed by atoms with Crippen LogP contribution in [0.5, 0.6) is 0 Å². The van der Waals surface area contributed by atoms with Gasteiger partial charge in [-0.15, -0.1) is 11.3 Å². The Morgan fingerprint density at radius 2 is 1.81 bits per heavy atom. The molecular weight excluding hydrogens is 449 g/mol. The van der Waals surface area contributed by atoms with Crippen LogP contribution in [0.3, 0.4) is 0 Å². The Morgan fingerprint density at radius 3 is 2.50 bits per heavy atom. The fourth-order valence-corrected chi connectivity index (χ4v) is 4.82. The number of thiophene rings is 1. The summed E-state index contributed by atoms with van der Waals surface area (Å²) in [5, 5.41) is 2.60. The van der Waals surface area contributed by atoms with E-state index in [0.29, 0.717) is 29.1 Å². The number of carbonyl (C=O) groups excluding carboxylic acids is 1. The van der Waals surface area contributed by atoms with Crippen molar-refractivity contribution in [3.8, 4) is 10.4 Å². The van der Waals surface area contributed by atoms with E-state index in [4.69, 9.17) is 0 Å². The fourth-order valence-electron chi connectivity index (χ4n) is 3.96. The van der Waals surface area contributed by atoms with Gasteiger partial charge in [-0.1, -0.05) is 6.07 Å². The van der Waals surface area contributed by atoms with Crippen molar-refractivity contribution in [1.29, 1.82) is 0 Å². The molecule has 1 unspecified atom stereocenters. The lowest BCUT2D eigenvalue weighted by molar-refractivity contribution is -0.134. The van der Waals surface area contributed by atoms with Crippen LogP contribution in [0.15, 0.2) is 47.5 Å². The van der Waals surface area contributed by atoms with Crippen molar-refractivity contribution in [3.63, 3.8) is 0 Å². The maximum absolute atomic E-state index is 15.1. The van der Waals surface area contributed by atoms with E-state index in [9.17, 15) is 18.0 Å². The van der Waals surface area contributed by atoms with Gasteiger partial charge >= 0.3 is 12.2 Å². The van der Waals surface area contributed by atoms with E-state index < -0.39 is 34.8 Å². The van der Waals surface area contributed by atoms with Crippen LogP contribution >= 0.6 is 11.3 Å². The normalized spacial score (nSPS) is 17.7. The van der Waals surface area contributed by atoms with Gasteiger partial charge in [0.2, 0.25) is 0 Å². The first kappa shape index (κ1) is 20.6. The largest absolute Gasteiger partial charge is 0.425 e. The lowest BCUT2D eigenvalue weighted by Crippen LogP contribution is -2.30. The SMILES string of the molecule is O=C1NCC(c2c(F)cc(-c3ccc(C(F)(F)F)s3)cc2F)N1c1ccc2c(c1)N=CC2. The Kier molecular flexibility index (Phi) is 4.77. The number of rotatable bonds is 3. The van der Waals surface area contributed by atoms with Gasteiger partial charge in [0.15, 0.2) is 0 Å². The first-order valence-electron chi connectivity index (χ1n) is 9.61. The summed E-state index contributed by atoms with van der Waals surface area (Å²) in [5.74, 6) is -1.87. The van der Waals surface area contributed by atoms with Gasteiger partial charge in [0, 0.05) is 35.3 Å². The van der Waals surface area contributed by atoms with Gasteiger partial charge in [0.1, 0.15) is 16.5 Å². The molecule has 1 atom stereocenters. The monoisotopic (exact) mass is 463 g/mol. The molecule has 5 rings (SSSR count). The molecule has 2 aromatic carbocycles. The average molecular weight is 463 g/mol. The van der Waals surface area contributed by atoms with Gasteiger partial charge in [0.05, 0.1) is 11.7 Å². The Morgan fingerprint density at radius 1 is 1.06 bits per heavy atom. The standard InChI is InChI=1S/C22H14F5N3OS/c23-14-7-12(18-3-4-19(32-18)22(25,26)27)8-15(24)20(14)17-10-29-21(31)30(17)13-2-1-11-5-6-28-16(11)9-13/h1-4,6-9,17H,5,10H2,(H,29,31). The maximum Gasteiger partial charge on any atom is 0.425 e. The Balaban J connectivity index is 1.52. The number of halogens is 5. The molecule has 0 radical (unpaired) electrons. The molecule has 0 bridgehead atoms. The number of hydrogen-bond acceptors (Lipinski definition) is 3. The van der Waals surface area contributed by atoms with E-state index in [2.05, 4.69) is 10.3 Å². The van der Waals surface area contributed by atoms with Crippen LogP contribution in [0, 0.1) is 11.6 Å². The van der Waals surface area contributed by atoms with Crippen molar-refractivity contribution in [2.45, 2.75) is 18.6 Å². The van der Waals surface area contributed by atoms with Gasteiger partial charge in [-0.05, 0) is 47.5 Å². The van der Waals surface area contributed by atoms with E-state index >= 15 is 8.78 Å². The Bertz CT molecular complexity index is 1240. The lowest BCUT2D eigenvalue weighted by atomic mass is 10.0. The molecule has 1 saturated heterocycles. The van der Waals surface area contributed by atoms with Gasteiger partial charge in [0.25, 0.3) is 0 Å². The highest BCUT2D eigenvalue weighted by Crippen LogP contribution is 2.41. The minimum atomic E-state index is -4.53. The molecule has 1 aromatic heterocycles. The zero-order valence-corrected chi connectivity index (χ0v) is 17.0. The minimum absolute atomic E-state index is 0.0000457. The molecule has 0 aliphatic carbocycles. The van der Waals surface area contributed by atoms with Gasteiger partial charge in [-0.25, -0.2) is 13.6 Å². The smallest absolute Gasteiger partial charge is 0.335 e. The molecular formula is C22H14F5N3OS. The van der Waals surface area contributed by atoms with Crippen molar-refractivity contribution in [2.24, 2.45) is 4.99 Å². The zero-order valence-electron chi connectivity index (χ0n) is 16.2. The Labute approximate surface area is 183 Å². The topological polar surface area (TPSA) is 44.7 Å². The molecule has 2 aliphatic heterocycles. The van der Waals surface area contributed by atoms with Crippen molar-refractivity contribution in [2.75, 3.05) is 11.4 Å². The number of urea groups is 1. The third-order valence-electron chi connectivity index (χ3n) is 5.45. The van der Waals surface area contributed by atoms with Gasteiger partial charge in [-0.3, -0.25) is 9.89 Å².